The van der Waals surface area contributed by atoms with E-state index in [4.69, 9.17) is 45.0 Å². The molecule has 0 saturated heterocycles. The number of nitrogens with two attached hydrogens (primary N) is 1. The van der Waals surface area contributed by atoms with Gasteiger partial charge in [0.05, 0.1) is 11.4 Å². The van der Waals surface area contributed by atoms with Crippen LogP contribution in [-0.2, 0) is 7.05 Å². The molecule has 0 fully saturated rings. The highest BCUT2D eigenvalue weighted by Crippen LogP contribution is 2.23. The number of aryl methyl sites for hydroxylation is 1. The van der Waals surface area contributed by atoms with Crippen molar-refractivity contribution in [1.29, 1.82) is 0 Å². The van der Waals surface area contributed by atoms with E-state index in [1.54, 1.807) is 67.4 Å². The number of fused-ring (bicyclic) bond motifs is 2. The van der Waals surface area contributed by atoms with Crippen molar-refractivity contribution in [2.75, 3.05) is 5.73 Å². The van der Waals surface area contributed by atoms with Crippen LogP contribution in [0.15, 0.2) is 59.8 Å². The van der Waals surface area contributed by atoms with Gasteiger partial charge in [0.15, 0.2) is 11.5 Å². The van der Waals surface area contributed by atoms with Gasteiger partial charge in [0.25, 0.3) is 11.5 Å². The monoisotopic (exact) mass is 578 g/mol. The fourth-order valence-corrected chi connectivity index (χ4v) is 5.19. The van der Waals surface area contributed by atoms with Crippen LogP contribution in [0.25, 0.3) is 22.1 Å². The van der Waals surface area contributed by atoms with E-state index in [1.807, 2.05) is 0 Å². The Morgan fingerprint density at radius 3 is 2.36 bits per heavy atom. The Bertz CT molecular complexity index is 2290. The third-order valence-electron chi connectivity index (χ3n) is 7.45. The zero-order valence-corrected chi connectivity index (χ0v) is 24.2. The summed E-state index contributed by atoms with van der Waals surface area (Å²) in [6.07, 6.45) is 4.91. The first-order chi connectivity index (χ1) is 21.5. The van der Waals surface area contributed by atoms with E-state index >= 15 is 0 Å². The molecule has 0 bridgehead atoms. The van der Waals surface area contributed by atoms with Gasteiger partial charge in [-0.3, -0.25) is 18.8 Å². The van der Waals surface area contributed by atoms with Crippen molar-refractivity contribution >= 4 is 94.7 Å². The second kappa shape index (κ2) is 11.3. The number of benzene rings is 2. The number of rotatable bonds is 4. The summed E-state index contributed by atoms with van der Waals surface area (Å²) in [5.74, 6) is 5.45. The molecule has 45 heavy (non-hydrogen) atoms. The van der Waals surface area contributed by atoms with Crippen LogP contribution in [0.4, 0.5) is 5.82 Å². The van der Waals surface area contributed by atoms with E-state index in [0.717, 1.165) is 0 Å². The summed E-state index contributed by atoms with van der Waals surface area (Å²) in [5.41, 5.74) is 6.95. The molecule has 4 aromatic heterocycles. The molecular formula is C30H19B5N8O2. The largest absolute Gasteiger partial charge is 0.381 e. The molecule has 0 unspecified atom stereocenters. The number of anilines is 1. The van der Waals surface area contributed by atoms with Gasteiger partial charge < -0.3 is 11.1 Å². The van der Waals surface area contributed by atoms with E-state index in [2.05, 4.69) is 32.3 Å². The topological polar surface area (TPSA) is 125 Å². The zero-order valence-electron chi connectivity index (χ0n) is 24.2. The molecule has 6 rings (SSSR count). The van der Waals surface area contributed by atoms with Gasteiger partial charge in [-0.05, 0) is 42.5 Å². The number of pyridine rings is 1. The molecule has 0 saturated carbocycles. The van der Waals surface area contributed by atoms with E-state index in [0.29, 0.717) is 22.3 Å². The summed E-state index contributed by atoms with van der Waals surface area (Å²) in [6.45, 7) is 1.69. The van der Waals surface area contributed by atoms with Crippen molar-refractivity contribution in [3.05, 3.63) is 87.9 Å². The predicted molar refractivity (Wildman–Crippen MR) is 179 cm³/mol. The second-order valence-corrected chi connectivity index (χ2v) is 10.4. The Balaban J connectivity index is 1.58. The normalized spacial score (nSPS) is 11.8. The summed E-state index contributed by atoms with van der Waals surface area (Å²) in [5, 5.41) is 12.2. The maximum absolute atomic E-state index is 14.5. The highest BCUT2D eigenvalue weighted by Gasteiger charge is 2.25. The Morgan fingerprint density at radius 2 is 1.67 bits per heavy atom. The van der Waals surface area contributed by atoms with Gasteiger partial charge in [0, 0.05) is 42.6 Å². The number of nitrogen functional groups attached to an aromatic ring is 1. The fraction of sp³-hybridized carbons (Fsp3) is 0.100. The van der Waals surface area contributed by atoms with Crippen LogP contribution in [0.1, 0.15) is 40.3 Å². The van der Waals surface area contributed by atoms with Crippen LogP contribution < -0.4 is 43.9 Å². The summed E-state index contributed by atoms with van der Waals surface area (Å²) < 4.78 is 4.30. The first-order valence-corrected chi connectivity index (χ1v) is 13.6. The van der Waals surface area contributed by atoms with Crippen molar-refractivity contribution in [2.45, 2.75) is 13.0 Å². The van der Waals surface area contributed by atoms with Crippen molar-refractivity contribution in [3.8, 4) is 17.5 Å². The predicted octanol–water partition coefficient (Wildman–Crippen LogP) is -2.79. The van der Waals surface area contributed by atoms with E-state index in [-0.39, 0.29) is 55.4 Å². The molecule has 0 aliphatic heterocycles. The Kier molecular flexibility index (Phi) is 7.45. The van der Waals surface area contributed by atoms with Gasteiger partial charge in [-0.1, -0.05) is 29.0 Å². The molecule has 6 aromatic rings. The third-order valence-corrected chi connectivity index (χ3v) is 7.45. The molecule has 2 aromatic carbocycles. The van der Waals surface area contributed by atoms with Crippen LogP contribution in [0.3, 0.4) is 0 Å². The maximum Gasteiger partial charge on any atom is 0.264 e. The second-order valence-electron chi connectivity index (χ2n) is 10.4. The Hall–Kier alpha value is -5.37. The first-order valence-electron chi connectivity index (χ1n) is 13.6. The van der Waals surface area contributed by atoms with Gasteiger partial charge in [0.2, 0.25) is 0 Å². The summed E-state index contributed by atoms with van der Waals surface area (Å²) in [4.78, 5) is 32.4. The van der Waals surface area contributed by atoms with Gasteiger partial charge in [0.1, 0.15) is 50.5 Å². The minimum Gasteiger partial charge on any atom is -0.381 e. The molecule has 206 valence electrons. The molecule has 1 amide bonds. The summed E-state index contributed by atoms with van der Waals surface area (Å²) >= 11 is 0. The molecule has 3 N–H and O–H groups in total. The van der Waals surface area contributed by atoms with Crippen LogP contribution in [0.5, 0.6) is 0 Å². The number of aromatic nitrogens is 6. The molecule has 0 spiro atoms. The van der Waals surface area contributed by atoms with E-state index in [9.17, 15) is 9.59 Å². The third kappa shape index (κ3) is 5.02. The SMILES string of the molecule is [B]c1c([B])c([B])c(-n2c([C@@H](C)NC(=O)c3c(N)nn4cccnc34)cc3cccc(C#Cc4ccn(C)n4)c3c2=O)c([B])c1[B]. The maximum atomic E-state index is 14.5. The van der Waals surface area contributed by atoms with Crippen LogP contribution in [-0.4, -0.2) is 74.1 Å². The van der Waals surface area contributed by atoms with Crippen molar-refractivity contribution < 1.29 is 4.79 Å². The van der Waals surface area contributed by atoms with E-state index < -0.39 is 17.5 Å². The number of hydrogen-bond acceptors (Lipinski definition) is 6. The molecule has 10 nitrogen and oxygen atoms in total. The standard InChI is InChI=1S/C30H19B5N8O2/c1-14(38-29(44)20-27(36)40-42-11-4-10-37-28(20)42)18-13-16-6-3-5-15(7-8-17-9-12-41(2)39-17)19(16)30(45)43(18)26-24(34)22(32)21(31)23(33)25(26)35/h3-6,9-14H,1-2H3,(H2,36,40)(H,38,44)/t14-/m1/s1. The zero-order chi connectivity index (χ0) is 32.2. The summed E-state index contributed by atoms with van der Waals surface area (Å²) in [7, 11) is 33.1. The highest BCUT2D eigenvalue weighted by atomic mass is 16.2. The lowest BCUT2D eigenvalue weighted by atomic mass is 9.61. The van der Waals surface area contributed by atoms with Gasteiger partial charge >= 0.3 is 0 Å². The van der Waals surface area contributed by atoms with Crippen LogP contribution in [0.2, 0.25) is 0 Å². The Labute approximate surface area is 264 Å². The van der Waals surface area contributed by atoms with Gasteiger partial charge in [-0.2, -0.15) is 5.10 Å². The average molecular weight is 578 g/mol. The minimum atomic E-state index is -0.824. The van der Waals surface area contributed by atoms with Crippen LogP contribution in [0, 0.1) is 11.8 Å². The number of carbonyl (C=O) groups is 1. The highest BCUT2D eigenvalue weighted by molar-refractivity contribution is 6.68. The smallest absolute Gasteiger partial charge is 0.264 e. The van der Waals surface area contributed by atoms with Crippen molar-refractivity contribution in [2.24, 2.45) is 7.05 Å². The van der Waals surface area contributed by atoms with Crippen molar-refractivity contribution in [1.82, 2.24) is 34.3 Å². The molecule has 15 heteroatoms. The van der Waals surface area contributed by atoms with Crippen LogP contribution >= 0.6 is 0 Å². The number of hydrogen-bond donors (Lipinski definition) is 2. The molecule has 10 radical (unpaired) electrons. The lowest BCUT2D eigenvalue weighted by Gasteiger charge is -2.27. The van der Waals surface area contributed by atoms with Gasteiger partial charge in [-0.15, -0.1) is 21.5 Å². The fourth-order valence-electron chi connectivity index (χ4n) is 5.19. The minimum absolute atomic E-state index is 0.0107. The quantitative estimate of drug-likeness (QED) is 0.173. The number of carbonyl (C=O) groups excluding carboxylic acids is 1. The Morgan fingerprint density at radius 1 is 0.956 bits per heavy atom. The molecule has 0 aliphatic carbocycles. The van der Waals surface area contributed by atoms with Crippen molar-refractivity contribution in [3.63, 3.8) is 0 Å². The lowest BCUT2D eigenvalue weighted by molar-refractivity contribution is 0.0941. The number of nitrogens with one attached hydrogen (secondary N) is 1. The van der Waals surface area contributed by atoms with E-state index in [1.165, 1.54) is 15.3 Å². The number of amides is 1. The average Bonchev–Trinajstić information content (AvgIpc) is 3.60. The lowest BCUT2D eigenvalue weighted by Crippen LogP contribution is -2.57. The number of nitrogens with zero attached hydrogens (tertiary/aromatic N) is 6. The first kappa shape index (κ1) is 29.7. The molecule has 4 heterocycles. The molecular weight excluding hydrogens is 558 g/mol. The molecule has 0 aliphatic rings. The molecule has 1 atom stereocenters. The summed E-state index contributed by atoms with van der Waals surface area (Å²) in [6, 6.07) is 9.57. The van der Waals surface area contributed by atoms with Gasteiger partial charge in [-0.25, -0.2) is 9.50 Å².